The summed E-state index contributed by atoms with van der Waals surface area (Å²) in [5.74, 6) is -0.667. The van der Waals surface area contributed by atoms with Gasteiger partial charge in [0.25, 0.3) is 0 Å². The number of rotatable bonds is 3. The van der Waals surface area contributed by atoms with Crippen LogP contribution in [0.2, 0.25) is 0 Å². The standard InChI is InChI=1S/C12H16N2/c1-9(2)5-11(7-13)12(8-14)6-10(3)4/h5-6,11-12H,1-4H3. The number of nitriles is 2. The van der Waals surface area contributed by atoms with E-state index in [1.165, 1.54) is 0 Å². The maximum absolute atomic E-state index is 8.91. The third-order valence-electron chi connectivity index (χ3n) is 1.71. The molecule has 0 aromatic heterocycles. The Morgan fingerprint density at radius 3 is 1.29 bits per heavy atom. The summed E-state index contributed by atoms with van der Waals surface area (Å²) in [4.78, 5) is 0. The van der Waals surface area contributed by atoms with Gasteiger partial charge in [0.05, 0.1) is 24.0 Å². The molecule has 14 heavy (non-hydrogen) atoms. The van der Waals surface area contributed by atoms with Crippen LogP contribution in [0.15, 0.2) is 23.3 Å². The van der Waals surface area contributed by atoms with E-state index in [0.717, 1.165) is 11.1 Å². The van der Waals surface area contributed by atoms with Gasteiger partial charge in [0.2, 0.25) is 0 Å². The van der Waals surface area contributed by atoms with Crippen LogP contribution in [-0.2, 0) is 0 Å². The van der Waals surface area contributed by atoms with Crippen molar-refractivity contribution in [1.29, 1.82) is 10.5 Å². The van der Waals surface area contributed by atoms with Crippen LogP contribution in [0.5, 0.6) is 0 Å². The second kappa shape index (κ2) is 6.00. The molecule has 0 aliphatic rings. The predicted molar refractivity (Wildman–Crippen MR) is 57.1 cm³/mol. The van der Waals surface area contributed by atoms with Crippen molar-refractivity contribution in [2.75, 3.05) is 0 Å². The first kappa shape index (κ1) is 12.5. The molecular weight excluding hydrogens is 172 g/mol. The molecule has 0 aromatic rings. The maximum Gasteiger partial charge on any atom is 0.0839 e. The van der Waals surface area contributed by atoms with Gasteiger partial charge in [-0.1, -0.05) is 23.3 Å². The fraction of sp³-hybridized carbons (Fsp3) is 0.500. The molecule has 2 unspecified atom stereocenters. The highest BCUT2D eigenvalue weighted by Crippen LogP contribution is 2.17. The Hall–Kier alpha value is -1.54. The fourth-order valence-electron chi connectivity index (χ4n) is 1.16. The highest BCUT2D eigenvalue weighted by molar-refractivity contribution is 5.18. The van der Waals surface area contributed by atoms with Crippen molar-refractivity contribution in [3.63, 3.8) is 0 Å². The lowest BCUT2D eigenvalue weighted by atomic mass is 9.91. The number of hydrogen-bond acceptors (Lipinski definition) is 2. The molecule has 0 amide bonds. The zero-order valence-electron chi connectivity index (χ0n) is 9.20. The lowest BCUT2D eigenvalue weighted by molar-refractivity contribution is 0.691. The molecule has 0 saturated carbocycles. The summed E-state index contributed by atoms with van der Waals surface area (Å²) >= 11 is 0. The Morgan fingerprint density at radius 2 is 1.14 bits per heavy atom. The quantitative estimate of drug-likeness (QED) is 0.638. The lowest BCUT2D eigenvalue weighted by Gasteiger charge is -2.08. The van der Waals surface area contributed by atoms with E-state index in [0.29, 0.717) is 0 Å². The molecule has 2 heteroatoms. The molecule has 0 fully saturated rings. The van der Waals surface area contributed by atoms with Crippen LogP contribution >= 0.6 is 0 Å². The highest BCUT2D eigenvalue weighted by atomic mass is 14.3. The number of nitrogens with zero attached hydrogens (tertiary/aromatic N) is 2. The molecule has 0 rings (SSSR count). The van der Waals surface area contributed by atoms with Crippen LogP contribution in [-0.4, -0.2) is 0 Å². The average molecular weight is 188 g/mol. The minimum absolute atomic E-state index is 0.333. The van der Waals surface area contributed by atoms with E-state index in [9.17, 15) is 0 Å². The van der Waals surface area contributed by atoms with Gasteiger partial charge in [0.1, 0.15) is 0 Å². The van der Waals surface area contributed by atoms with Crippen molar-refractivity contribution in [3.8, 4) is 12.1 Å². The van der Waals surface area contributed by atoms with Crippen molar-refractivity contribution in [2.45, 2.75) is 27.7 Å². The van der Waals surface area contributed by atoms with Crippen LogP contribution in [0.1, 0.15) is 27.7 Å². The van der Waals surface area contributed by atoms with Gasteiger partial charge in [-0.3, -0.25) is 0 Å². The first-order valence-corrected chi connectivity index (χ1v) is 4.60. The Balaban J connectivity index is 4.86. The summed E-state index contributed by atoms with van der Waals surface area (Å²) in [6, 6.07) is 4.29. The molecule has 0 spiro atoms. The van der Waals surface area contributed by atoms with Gasteiger partial charge in [-0.05, 0) is 27.7 Å². The van der Waals surface area contributed by atoms with E-state index in [-0.39, 0.29) is 11.8 Å². The molecule has 0 bridgehead atoms. The predicted octanol–water partition coefficient (Wildman–Crippen LogP) is 3.20. The van der Waals surface area contributed by atoms with Crippen LogP contribution in [0, 0.1) is 34.5 Å². The molecular formula is C12H16N2. The summed E-state index contributed by atoms with van der Waals surface area (Å²) in [5.41, 5.74) is 2.14. The fourth-order valence-corrected chi connectivity index (χ4v) is 1.16. The summed E-state index contributed by atoms with van der Waals surface area (Å²) < 4.78 is 0. The molecule has 0 N–H and O–H groups in total. The van der Waals surface area contributed by atoms with E-state index in [4.69, 9.17) is 10.5 Å². The van der Waals surface area contributed by atoms with E-state index in [1.54, 1.807) is 0 Å². The summed E-state index contributed by atoms with van der Waals surface area (Å²) in [5, 5.41) is 17.8. The van der Waals surface area contributed by atoms with E-state index >= 15 is 0 Å². The highest BCUT2D eigenvalue weighted by Gasteiger charge is 2.15. The second-order valence-electron chi connectivity index (χ2n) is 3.80. The molecule has 2 atom stereocenters. The normalized spacial score (nSPS) is 13.0. The van der Waals surface area contributed by atoms with Gasteiger partial charge in [-0.15, -0.1) is 0 Å². The van der Waals surface area contributed by atoms with Crippen molar-refractivity contribution in [3.05, 3.63) is 23.3 Å². The zero-order valence-corrected chi connectivity index (χ0v) is 9.20. The van der Waals surface area contributed by atoms with Crippen LogP contribution in [0.25, 0.3) is 0 Å². The average Bonchev–Trinajstić information content (AvgIpc) is 2.10. The topological polar surface area (TPSA) is 47.6 Å². The van der Waals surface area contributed by atoms with Gasteiger partial charge in [-0.2, -0.15) is 10.5 Å². The van der Waals surface area contributed by atoms with E-state index < -0.39 is 0 Å². The molecule has 0 aromatic carbocycles. The molecule has 0 heterocycles. The molecule has 0 aliphatic carbocycles. The monoisotopic (exact) mass is 188 g/mol. The summed E-state index contributed by atoms with van der Waals surface area (Å²) in [6.07, 6.45) is 3.68. The van der Waals surface area contributed by atoms with Crippen LogP contribution < -0.4 is 0 Å². The van der Waals surface area contributed by atoms with Crippen LogP contribution in [0.3, 0.4) is 0 Å². The molecule has 0 saturated heterocycles. The van der Waals surface area contributed by atoms with Crippen molar-refractivity contribution in [1.82, 2.24) is 0 Å². The van der Waals surface area contributed by atoms with Gasteiger partial charge >= 0.3 is 0 Å². The molecule has 74 valence electrons. The molecule has 2 nitrogen and oxygen atoms in total. The van der Waals surface area contributed by atoms with E-state index in [1.807, 2.05) is 39.8 Å². The van der Waals surface area contributed by atoms with E-state index in [2.05, 4.69) is 12.1 Å². The van der Waals surface area contributed by atoms with Gasteiger partial charge in [0.15, 0.2) is 0 Å². The Kier molecular flexibility index (Phi) is 5.34. The number of allylic oxidation sites excluding steroid dienone is 4. The zero-order chi connectivity index (χ0) is 11.1. The summed E-state index contributed by atoms with van der Waals surface area (Å²) in [7, 11) is 0. The maximum atomic E-state index is 8.91. The third kappa shape index (κ3) is 4.48. The SMILES string of the molecule is CC(C)=CC(C#N)C(C#N)C=C(C)C. The second-order valence-corrected chi connectivity index (χ2v) is 3.80. The largest absolute Gasteiger partial charge is 0.198 e. The van der Waals surface area contributed by atoms with Crippen molar-refractivity contribution < 1.29 is 0 Å². The summed E-state index contributed by atoms with van der Waals surface area (Å²) in [6.45, 7) is 7.73. The van der Waals surface area contributed by atoms with Crippen LogP contribution in [0.4, 0.5) is 0 Å². The first-order valence-electron chi connectivity index (χ1n) is 4.60. The molecule has 0 radical (unpaired) electrons. The van der Waals surface area contributed by atoms with Crippen molar-refractivity contribution in [2.24, 2.45) is 11.8 Å². The minimum Gasteiger partial charge on any atom is -0.198 e. The third-order valence-corrected chi connectivity index (χ3v) is 1.71. The smallest absolute Gasteiger partial charge is 0.0839 e. The first-order chi connectivity index (χ1) is 6.51. The van der Waals surface area contributed by atoms with Gasteiger partial charge < -0.3 is 0 Å². The lowest BCUT2D eigenvalue weighted by Crippen LogP contribution is -2.07. The molecule has 0 aliphatic heterocycles. The Bertz CT molecular complexity index is 281. The minimum atomic E-state index is -0.333. The van der Waals surface area contributed by atoms with Gasteiger partial charge in [0, 0.05) is 0 Å². The number of hydrogen-bond donors (Lipinski definition) is 0. The Morgan fingerprint density at radius 1 is 0.857 bits per heavy atom. The van der Waals surface area contributed by atoms with Gasteiger partial charge in [-0.25, -0.2) is 0 Å². The Labute approximate surface area is 86.2 Å². The van der Waals surface area contributed by atoms with Crippen molar-refractivity contribution >= 4 is 0 Å².